The second kappa shape index (κ2) is 10.4. The molecule has 0 bridgehead atoms. The van der Waals surface area contributed by atoms with Gasteiger partial charge in [0.2, 0.25) is 0 Å². The molecular weight excluding hydrogens is 476 g/mol. The topological polar surface area (TPSA) is 112 Å². The van der Waals surface area contributed by atoms with Gasteiger partial charge in [0.05, 0.1) is 29.3 Å². The molecule has 6 rings (SSSR count). The Kier molecular flexibility index (Phi) is 6.34. The van der Waals surface area contributed by atoms with E-state index in [1.54, 1.807) is 18.6 Å². The second-order valence-electron chi connectivity index (χ2n) is 8.66. The Balaban J connectivity index is 1.33. The molecule has 0 atom stereocenters. The number of nitrogen functional groups attached to an aromatic ring is 1. The summed E-state index contributed by atoms with van der Waals surface area (Å²) >= 11 is 0. The van der Waals surface area contributed by atoms with Crippen LogP contribution in [0.25, 0.3) is 33.5 Å². The summed E-state index contributed by atoms with van der Waals surface area (Å²) in [5.74, 6) is 2.53. The van der Waals surface area contributed by atoms with Crippen molar-refractivity contribution in [3.8, 4) is 28.3 Å². The number of anilines is 2. The van der Waals surface area contributed by atoms with Crippen molar-refractivity contribution < 1.29 is 9.15 Å². The summed E-state index contributed by atoms with van der Waals surface area (Å²) in [5, 5.41) is 4.03. The maximum atomic E-state index is 6.35. The number of nitrogens with zero attached hydrogens (tertiary/aromatic N) is 4. The van der Waals surface area contributed by atoms with Gasteiger partial charge < -0.3 is 20.2 Å². The van der Waals surface area contributed by atoms with Crippen molar-refractivity contribution in [1.29, 1.82) is 0 Å². The number of furan rings is 1. The van der Waals surface area contributed by atoms with Crippen LogP contribution in [0.3, 0.4) is 0 Å². The predicted molar refractivity (Wildman–Crippen MR) is 147 cm³/mol. The lowest BCUT2D eigenvalue weighted by molar-refractivity contribution is 0.306. The van der Waals surface area contributed by atoms with E-state index in [0.29, 0.717) is 35.9 Å². The zero-order chi connectivity index (χ0) is 25.7. The van der Waals surface area contributed by atoms with Gasteiger partial charge in [-0.1, -0.05) is 42.5 Å². The Morgan fingerprint density at radius 1 is 0.842 bits per heavy atom. The third kappa shape index (κ3) is 4.87. The zero-order valence-electron chi connectivity index (χ0n) is 20.4. The fourth-order valence-electron chi connectivity index (χ4n) is 4.26. The van der Waals surface area contributed by atoms with Gasteiger partial charge in [0.1, 0.15) is 36.0 Å². The Morgan fingerprint density at radius 3 is 2.53 bits per heavy atom. The van der Waals surface area contributed by atoms with Crippen LogP contribution in [0.1, 0.15) is 11.3 Å². The number of nitrogens with two attached hydrogens (primary N) is 1. The van der Waals surface area contributed by atoms with Crippen molar-refractivity contribution in [2.75, 3.05) is 11.1 Å². The van der Waals surface area contributed by atoms with Crippen molar-refractivity contribution >= 4 is 22.4 Å². The van der Waals surface area contributed by atoms with Gasteiger partial charge in [0.15, 0.2) is 5.76 Å². The smallest absolute Gasteiger partial charge is 0.153 e. The fourth-order valence-corrected chi connectivity index (χ4v) is 4.26. The normalized spacial score (nSPS) is 10.9. The molecule has 0 aliphatic carbocycles. The highest BCUT2D eigenvalue weighted by molar-refractivity contribution is 6.05. The number of aromatic nitrogens is 4. The molecule has 0 spiro atoms. The molecule has 0 aliphatic rings. The molecule has 2 aromatic carbocycles. The van der Waals surface area contributed by atoms with E-state index in [2.05, 4.69) is 20.3 Å². The van der Waals surface area contributed by atoms with Crippen LogP contribution >= 0.6 is 0 Å². The molecule has 3 N–H and O–H groups in total. The third-order valence-corrected chi connectivity index (χ3v) is 6.12. The van der Waals surface area contributed by atoms with Crippen molar-refractivity contribution in [2.24, 2.45) is 0 Å². The Hall–Kier alpha value is -5.24. The van der Waals surface area contributed by atoms with E-state index in [4.69, 9.17) is 19.9 Å². The highest BCUT2D eigenvalue weighted by Crippen LogP contribution is 2.39. The van der Waals surface area contributed by atoms with E-state index < -0.39 is 0 Å². The molecule has 4 heterocycles. The summed E-state index contributed by atoms with van der Waals surface area (Å²) in [6.45, 7) is 0.998. The largest absolute Gasteiger partial charge is 0.489 e. The number of hydrogen-bond acceptors (Lipinski definition) is 8. The zero-order valence-corrected chi connectivity index (χ0v) is 20.4. The Morgan fingerprint density at radius 2 is 1.71 bits per heavy atom. The van der Waals surface area contributed by atoms with E-state index >= 15 is 0 Å². The summed E-state index contributed by atoms with van der Waals surface area (Å²) in [7, 11) is 0. The summed E-state index contributed by atoms with van der Waals surface area (Å²) in [6, 6.07) is 25.6. The van der Waals surface area contributed by atoms with Crippen molar-refractivity contribution in [3.63, 3.8) is 0 Å². The quantitative estimate of drug-likeness (QED) is 0.257. The molecular formula is C30H24N6O2. The first-order valence-electron chi connectivity index (χ1n) is 12.1. The van der Waals surface area contributed by atoms with Crippen molar-refractivity contribution in [1.82, 2.24) is 19.9 Å². The fraction of sp³-hybridized carbons (Fsp3) is 0.0667. The third-order valence-electron chi connectivity index (χ3n) is 6.12. The lowest BCUT2D eigenvalue weighted by atomic mass is 9.98. The van der Waals surface area contributed by atoms with Gasteiger partial charge in [0, 0.05) is 18.0 Å². The van der Waals surface area contributed by atoms with E-state index in [1.807, 2.05) is 78.9 Å². The highest BCUT2D eigenvalue weighted by atomic mass is 16.5. The molecule has 186 valence electrons. The lowest BCUT2D eigenvalue weighted by Crippen LogP contribution is -1.99. The molecule has 0 unspecified atom stereocenters. The van der Waals surface area contributed by atoms with Crippen LogP contribution in [0.2, 0.25) is 0 Å². The Bertz CT molecular complexity index is 1670. The number of ether oxygens (including phenoxy) is 1. The van der Waals surface area contributed by atoms with Gasteiger partial charge >= 0.3 is 0 Å². The molecule has 8 nitrogen and oxygen atoms in total. The van der Waals surface area contributed by atoms with Crippen LogP contribution in [-0.4, -0.2) is 19.9 Å². The molecule has 0 fully saturated rings. The van der Waals surface area contributed by atoms with Crippen molar-refractivity contribution in [3.05, 3.63) is 115 Å². The van der Waals surface area contributed by atoms with Crippen molar-refractivity contribution in [2.45, 2.75) is 13.2 Å². The van der Waals surface area contributed by atoms with Crippen LogP contribution in [0.5, 0.6) is 5.75 Å². The number of hydrogen-bond donors (Lipinski definition) is 2. The SMILES string of the molecule is Nc1ncnc2cnc(-c3ccc(CNc4cccnc4)o3)c(-c3ccc(OCc4ccccc4)cc3)c12. The van der Waals surface area contributed by atoms with Gasteiger partial charge in [-0.25, -0.2) is 15.0 Å². The maximum absolute atomic E-state index is 6.35. The number of rotatable bonds is 8. The lowest BCUT2D eigenvalue weighted by Gasteiger charge is -2.13. The number of benzene rings is 2. The van der Waals surface area contributed by atoms with Crippen LogP contribution < -0.4 is 15.8 Å². The molecule has 38 heavy (non-hydrogen) atoms. The van der Waals surface area contributed by atoms with Gasteiger partial charge in [-0.15, -0.1) is 0 Å². The molecule has 0 amide bonds. The average Bonchev–Trinajstić information content (AvgIpc) is 3.45. The summed E-state index contributed by atoms with van der Waals surface area (Å²) < 4.78 is 12.2. The first kappa shape index (κ1) is 23.2. The van der Waals surface area contributed by atoms with E-state index in [9.17, 15) is 0 Å². The molecule has 6 aromatic rings. The van der Waals surface area contributed by atoms with Gasteiger partial charge in [-0.3, -0.25) is 4.98 Å². The van der Waals surface area contributed by atoms with Crippen LogP contribution in [0.15, 0.2) is 108 Å². The minimum absolute atomic E-state index is 0.378. The summed E-state index contributed by atoms with van der Waals surface area (Å²) in [6.07, 6.45) is 6.64. The molecule has 0 saturated heterocycles. The molecule has 0 aliphatic heterocycles. The second-order valence-corrected chi connectivity index (χ2v) is 8.66. The van der Waals surface area contributed by atoms with E-state index in [-0.39, 0.29) is 0 Å². The van der Waals surface area contributed by atoms with E-state index in [1.165, 1.54) is 6.33 Å². The Labute approximate surface area is 219 Å². The molecule has 8 heteroatoms. The number of pyridine rings is 2. The molecule has 0 saturated carbocycles. The van der Waals surface area contributed by atoms with Gasteiger partial charge in [0.25, 0.3) is 0 Å². The minimum Gasteiger partial charge on any atom is -0.489 e. The van der Waals surface area contributed by atoms with Crippen LogP contribution in [0.4, 0.5) is 11.5 Å². The number of nitrogens with one attached hydrogen (secondary N) is 1. The van der Waals surface area contributed by atoms with Crippen LogP contribution in [0, 0.1) is 0 Å². The molecule has 4 aromatic heterocycles. The minimum atomic E-state index is 0.378. The van der Waals surface area contributed by atoms with Crippen LogP contribution in [-0.2, 0) is 13.2 Å². The predicted octanol–water partition coefficient (Wildman–Crippen LogP) is 6.12. The summed E-state index contributed by atoms with van der Waals surface area (Å²) in [4.78, 5) is 17.5. The summed E-state index contributed by atoms with van der Waals surface area (Å²) in [5.41, 5.74) is 11.4. The first-order chi connectivity index (χ1) is 18.7. The first-order valence-corrected chi connectivity index (χ1v) is 12.1. The van der Waals surface area contributed by atoms with E-state index in [0.717, 1.165) is 39.3 Å². The highest BCUT2D eigenvalue weighted by Gasteiger charge is 2.19. The average molecular weight is 501 g/mol. The van der Waals surface area contributed by atoms with Gasteiger partial charge in [-0.2, -0.15) is 0 Å². The number of fused-ring (bicyclic) bond motifs is 1. The standard InChI is InChI=1S/C30H24N6O2/c31-30-28-25(35-19-36-30)17-34-29(26-13-12-24(38-26)16-33-22-7-4-14-32-15-22)27(28)21-8-10-23(11-9-21)37-18-20-5-2-1-3-6-20/h1-15,17,19,33H,16,18H2,(H2,31,35,36). The van der Waals surface area contributed by atoms with Gasteiger partial charge in [-0.05, 0) is 47.5 Å². The maximum Gasteiger partial charge on any atom is 0.153 e. The monoisotopic (exact) mass is 500 g/mol. The molecule has 0 radical (unpaired) electrons.